The molecule has 1 atom stereocenters. The molecule has 1 aliphatic heterocycles. The number of carbonyl (C=O) groups is 2. The van der Waals surface area contributed by atoms with E-state index in [4.69, 9.17) is 4.74 Å². The van der Waals surface area contributed by atoms with E-state index >= 15 is 0 Å². The minimum atomic E-state index is -0.153. The fourth-order valence-corrected chi connectivity index (χ4v) is 3.81. The molecule has 1 N–H and O–H groups in total. The summed E-state index contributed by atoms with van der Waals surface area (Å²) in [5.74, 6) is 0.165. The zero-order valence-electron chi connectivity index (χ0n) is 17.0. The Labute approximate surface area is 173 Å². The molecule has 0 radical (unpaired) electrons. The third-order valence-corrected chi connectivity index (χ3v) is 5.54. The number of rotatable bonds is 8. The standard InChI is InChI=1S/C24H30N2O3/c1-29-18-22(20-10-6-3-7-11-20)25-24(28)21-14-16-26(17-15-21)23(27)13-12-19-8-4-2-5-9-19/h2-11,21-22H,12-18H2,1H3,(H,25,28)/t22-/m1/s1. The number of hydrogen-bond acceptors (Lipinski definition) is 3. The molecule has 154 valence electrons. The summed E-state index contributed by atoms with van der Waals surface area (Å²) in [7, 11) is 1.64. The number of piperidine rings is 1. The summed E-state index contributed by atoms with van der Waals surface area (Å²) >= 11 is 0. The van der Waals surface area contributed by atoms with Crippen molar-refractivity contribution in [1.29, 1.82) is 0 Å². The minimum Gasteiger partial charge on any atom is -0.382 e. The lowest BCUT2D eigenvalue weighted by Crippen LogP contribution is -2.44. The van der Waals surface area contributed by atoms with Crippen LogP contribution in [-0.2, 0) is 20.7 Å². The molecular formula is C24H30N2O3. The molecule has 0 unspecified atom stereocenters. The van der Waals surface area contributed by atoms with E-state index in [2.05, 4.69) is 5.32 Å². The van der Waals surface area contributed by atoms with Gasteiger partial charge in [-0.05, 0) is 30.4 Å². The molecule has 0 aliphatic carbocycles. The molecule has 2 aromatic rings. The normalized spacial score (nSPS) is 15.7. The summed E-state index contributed by atoms with van der Waals surface area (Å²) in [6.45, 7) is 1.73. The van der Waals surface area contributed by atoms with E-state index in [0.29, 0.717) is 39.0 Å². The Morgan fingerprint density at radius 2 is 1.66 bits per heavy atom. The van der Waals surface area contributed by atoms with Crippen molar-refractivity contribution in [2.24, 2.45) is 5.92 Å². The van der Waals surface area contributed by atoms with Crippen molar-refractivity contribution in [1.82, 2.24) is 10.2 Å². The number of hydrogen-bond donors (Lipinski definition) is 1. The van der Waals surface area contributed by atoms with Gasteiger partial charge in [-0.2, -0.15) is 0 Å². The van der Waals surface area contributed by atoms with Crippen LogP contribution in [-0.4, -0.2) is 43.5 Å². The molecule has 3 rings (SSSR count). The van der Waals surface area contributed by atoms with Crippen LogP contribution in [0, 0.1) is 5.92 Å². The second kappa shape index (κ2) is 10.8. The molecule has 2 amide bonds. The van der Waals surface area contributed by atoms with Crippen molar-refractivity contribution >= 4 is 11.8 Å². The average Bonchev–Trinajstić information content (AvgIpc) is 2.78. The Morgan fingerprint density at radius 1 is 1.03 bits per heavy atom. The van der Waals surface area contributed by atoms with Crippen LogP contribution in [0.5, 0.6) is 0 Å². The van der Waals surface area contributed by atoms with Crippen LogP contribution in [0.3, 0.4) is 0 Å². The lowest BCUT2D eigenvalue weighted by molar-refractivity contribution is -0.136. The van der Waals surface area contributed by atoms with Crippen LogP contribution in [0.25, 0.3) is 0 Å². The van der Waals surface area contributed by atoms with E-state index in [1.54, 1.807) is 7.11 Å². The van der Waals surface area contributed by atoms with E-state index in [1.165, 1.54) is 5.56 Å². The van der Waals surface area contributed by atoms with Gasteiger partial charge >= 0.3 is 0 Å². The Bertz CT molecular complexity index is 771. The van der Waals surface area contributed by atoms with Crippen LogP contribution in [0.4, 0.5) is 0 Å². The maximum absolute atomic E-state index is 12.8. The van der Waals surface area contributed by atoms with Crippen LogP contribution >= 0.6 is 0 Å². The van der Waals surface area contributed by atoms with Crippen molar-refractivity contribution in [3.05, 3.63) is 71.8 Å². The largest absolute Gasteiger partial charge is 0.382 e. The highest BCUT2D eigenvalue weighted by molar-refractivity contribution is 5.80. The number of amides is 2. The molecule has 5 nitrogen and oxygen atoms in total. The van der Waals surface area contributed by atoms with Crippen LogP contribution in [0.15, 0.2) is 60.7 Å². The summed E-state index contributed by atoms with van der Waals surface area (Å²) in [5.41, 5.74) is 2.22. The average molecular weight is 395 g/mol. The SMILES string of the molecule is COC[C@@H](NC(=O)C1CCN(C(=O)CCc2ccccc2)CC1)c1ccccc1. The zero-order chi connectivity index (χ0) is 20.5. The Morgan fingerprint density at radius 3 is 2.28 bits per heavy atom. The van der Waals surface area contributed by atoms with E-state index < -0.39 is 0 Å². The molecule has 2 aromatic carbocycles. The molecule has 5 heteroatoms. The van der Waals surface area contributed by atoms with Gasteiger partial charge in [0.2, 0.25) is 11.8 Å². The highest BCUT2D eigenvalue weighted by atomic mass is 16.5. The second-order valence-corrected chi connectivity index (χ2v) is 7.57. The molecular weight excluding hydrogens is 364 g/mol. The van der Waals surface area contributed by atoms with Gasteiger partial charge in [0, 0.05) is 32.5 Å². The van der Waals surface area contributed by atoms with Gasteiger partial charge in [-0.1, -0.05) is 60.7 Å². The monoisotopic (exact) mass is 394 g/mol. The van der Waals surface area contributed by atoms with Crippen molar-refractivity contribution in [2.75, 3.05) is 26.8 Å². The van der Waals surface area contributed by atoms with Gasteiger partial charge in [-0.25, -0.2) is 0 Å². The number of benzene rings is 2. The topological polar surface area (TPSA) is 58.6 Å². The number of nitrogens with one attached hydrogen (secondary N) is 1. The number of nitrogens with zero attached hydrogens (tertiary/aromatic N) is 1. The van der Waals surface area contributed by atoms with Gasteiger partial charge in [0.1, 0.15) is 0 Å². The first-order valence-electron chi connectivity index (χ1n) is 10.3. The van der Waals surface area contributed by atoms with Crippen molar-refractivity contribution in [2.45, 2.75) is 31.7 Å². The van der Waals surface area contributed by atoms with E-state index in [0.717, 1.165) is 12.0 Å². The number of aryl methyl sites for hydroxylation is 1. The summed E-state index contributed by atoms with van der Waals surface area (Å²) in [6, 6.07) is 19.8. The molecule has 0 saturated carbocycles. The number of methoxy groups -OCH3 is 1. The molecule has 1 aliphatic rings. The molecule has 0 aromatic heterocycles. The first-order chi connectivity index (χ1) is 14.2. The van der Waals surface area contributed by atoms with Gasteiger partial charge in [0.15, 0.2) is 0 Å². The Hall–Kier alpha value is -2.66. The van der Waals surface area contributed by atoms with Gasteiger partial charge in [0.25, 0.3) is 0 Å². The predicted octanol–water partition coefficient (Wildman–Crippen LogP) is 3.36. The fourth-order valence-electron chi connectivity index (χ4n) is 3.81. The predicted molar refractivity (Wildman–Crippen MR) is 113 cm³/mol. The first kappa shape index (κ1) is 21.1. The Balaban J connectivity index is 1.46. The van der Waals surface area contributed by atoms with Gasteiger partial charge < -0.3 is 15.0 Å². The number of carbonyl (C=O) groups excluding carboxylic acids is 2. The quantitative estimate of drug-likeness (QED) is 0.747. The van der Waals surface area contributed by atoms with Crippen LogP contribution < -0.4 is 5.32 Å². The van der Waals surface area contributed by atoms with Gasteiger partial charge in [-0.3, -0.25) is 9.59 Å². The maximum atomic E-state index is 12.8. The molecule has 1 saturated heterocycles. The van der Waals surface area contributed by atoms with Gasteiger partial charge in [0.05, 0.1) is 12.6 Å². The summed E-state index contributed by atoms with van der Waals surface area (Å²) in [4.78, 5) is 27.2. The summed E-state index contributed by atoms with van der Waals surface area (Å²) < 4.78 is 5.29. The first-order valence-corrected chi connectivity index (χ1v) is 10.3. The third-order valence-electron chi connectivity index (χ3n) is 5.54. The number of ether oxygens (including phenoxy) is 1. The summed E-state index contributed by atoms with van der Waals surface area (Å²) in [6.07, 6.45) is 2.69. The van der Waals surface area contributed by atoms with Gasteiger partial charge in [-0.15, -0.1) is 0 Å². The van der Waals surface area contributed by atoms with Crippen molar-refractivity contribution < 1.29 is 14.3 Å². The lowest BCUT2D eigenvalue weighted by atomic mass is 9.94. The molecule has 1 fully saturated rings. The maximum Gasteiger partial charge on any atom is 0.223 e. The van der Waals surface area contributed by atoms with E-state index in [-0.39, 0.29) is 23.8 Å². The van der Waals surface area contributed by atoms with Crippen LogP contribution in [0.2, 0.25) is 0 Å². The van der Waals surface area contributed by atoms with E-state index in [1.807, 2.05) is 65.6 Å². The molecule has 0 spiro atoms. The lowest BCUT2D eigenvalue weighted by Gasteiger charge is -2.32. The zero-order valence-corrected chi connectivity index (χ0v) is 17.0. The highest BCUT2D eigenvalue weighted by Crippen LogP contribution is 2.21. The fraction of sp³-hybridized carbons (Fsp3) is 0.417. The van der Waals surface area contributed by atoms with Crippen LogP contribution in [0.1, 0.15) is 36.4 Å². The highest BCUT2D eigenvalue weighted by Gasteiger charge is 2.28. The Kier molecular flexibility index (Phi) is 7.82. The summed E-state index contributed by atoms with van der Waals surface area (Å²) in [5, 5.41) is 3.13. The molecule has 1 heterocycles. The second-order valence-electron chi connectivity index (χ2n) is 7.57. The van der Waals surface area contributed by atoms with Crippen molar-refractivity contribution in [3.63, 3.8) is 0 Å². The molecule has 29 heavy (non-hydrogen) atoms. The van der Waals surface area contributed by atoms with E-state index in [9.17, 15) is 9.59 Å². The molecule has 0 bridgehead atoms. The van der Waals surface area contributed by atoms with Crippen molar-refractivity contribution in [3.8, 4) is 0 Å². The smallest absolute Gasteiger partial charge is 0.223 e. The number of likely N-dealkylation sites (tertiary alicyclic amines) is 1. The minimum absolute atomic E-state index is 0.0484. The third kappa shape index (κ3) is 6.16.